The molecule has 1 aliphatic carbocycles. The van der Waals surface area contributed by atoms with Gasteiger partial charge in [-0.25, -0.2) is 0 Å². The van der Waals surface area contributed by atoms with Crippen LogP contribution in [0.4, 0.5) is 5.69 Å². The van der Waals surface area contributed by atoms with Gasteiger partial charge in [0.1, 0.15) is 17.0 Å². The molecule has 0 saturated heterocycles. The third-order valence-electron chi connectivity index (χ3n) is 6.44. The molecule has 1 atom stereocenters. The third kappa shape index (κ3) is 2.88. The van der Waals surface area contributed by atoms with Gasteiger partial charge in [-0.15, -0.1) is 0 Å². The Morgan fingerprint density at radius 1 is 0.719 bits per heavy atom. The maximum absolute atomic E-state index is 6.16. The minimum Gasteiger partial charge on any atom is -0.457 e. The van der Waals surface area contributed by atoms with E-state index in [1.807, 2.05) is 30.3 Å². The van der Waals surface area contributed by atoms with Crippen LogP contribution < -0.4 is 10.1 Å². The van der Waals surface area contributed by atoms with E-state index in [0.29, 0.717) is 0 Å². The van der Waals surface area contributed by atoms with E-state index in [1.54, 1.807) is 0 Å². The number of ether oxygens (including phenoxy) is 1. The minimum atomic E-state index is -0.416. The van der Waals surface area contributed by atoms with E-state index in [4.69, 9.17) is 4.74 Å². The van der Waals surface area contributed by atoms with Crippen LogP contribution in [0.1, 0.15) is 29.2 Å². The molecule has 1 heterocycles. The lowest BCUT2D eigenvalue weighted by molar-refractivity contribution is 0.482. The number of nitrogens with one attached hydrogen (secondary N) is 1. The number of rotatable bonds is 3. The number of fused-ring (bicyclic) bond motifs is 3. The predicted molar refractivity (Wildman–Crippen MR) is 133 cm³/mol. The quantitative estimate of drug-likeness (QED) is 0.371. The molecule has 1 unspecified atom stereocenters. The van der Waals surface area contributed by atoms with Crippen LogP contribution >= 0.6 is 0 Å². The van der Waals surface area contributed by atoms with Crippen LogP contribution in [0.3, 0.4) is 0 Å². The van der Waals surface area contributed by atoms with Gasteiger partial charge in [-0.3, -0.25) is 0 Å². The lowest BCUT2D eigenvalue weighted by Crippen LogP contribution is -2.35. The summed E-state index contributed by atoms with van der Waals surface area (Å²) in [4.78, 5) is 0. The molecule has 4 aromatic carbocycles. The van der Waals surface area contributed by atoms with Crippen molar-refractivity contribution in [1.29, 1.82) is 0 Å². The Morgan fingerprint density at radius 2 is 1.44 bits per heavy atom. The van der Waals surface area contributed by atoms with Crippen molar-refractivity contribution in [1.82, 2.24) is 0 Å². The number of anilines is 1. The molecule has 2 nitrogen and oxygen atoms in total. The van der Waals surface area contributed by atoms with E-state index in [-0.39, 0.29) is 0 Å². The van der Waals surface area contributed by atoms with Crippen molar-refractivity contribution in [2.75, 3.05) is 5.32 Å². The van der Waals surface area contributed by atoms with Gasteiger partial charge in [-0.1, -0.05) is 78.9 Å². The Kier molecular flexibility index (Phi) is 4.26. The van der Waals surface area contributed by atoms with Gasteiger partial charge in [0, 0.05) is 5.69 Å². The molecule has 2 aliphatic rings. The zero-order valence-corrected chi connectivity index (χ0v) is 17.9. The first-order chi connectivity index (χ1) is 15.7. The standard InChI is InChI=1S/C30H23NO/c1-21-26-20-25(32-24-13-6-3-7-14-24)16-17-27(26)30(29(21)23-11-4-2-5-12-23)19-18-22-10-8-9-15-28(22)31-30/h2-20,31H,1H3. The van der Waals surface area contributed by atoms with Crippen LogP contribution in [0, 0.1) is 0 Å². The zero-order valence-electron chi connectivity index (χ0n) is 17.9. The lowest BCUT2D eigenvalue weighted by Gasteiger charge is -2.37. The first-order valence-corrected chi connectivity index (χ1v) is 11.0. The van der Waals surface area contributed by atoms with Crippen LogP contribution in [-0.4, -0.2) is 0 Å². The van der Waals surface area contributed by atoms with Crippen molar-refractivity contribution in [2.45, 2.75) is 12.5 Å². The van der Waals surface area contributed by atoms with Crippen molar-refractivity contribution in [2.24, 2.45) is 0 Å². The monoisotopic (exact) mass is 413 g/mol. The SMILES string of the molecule is CC1=C(c2ccccc2)C2(C=Cc3ccccc3N2)c2ccc(Oc3ccccc3)cc21. The topological polar surface area (TPSA) is 21.3 Å². The van der Waals surface area contributed by atoms with Gasteiger partial charge in [-0.05, 0) is 76.7 Å². The van der Waals surface area contributed by atoms with Gasteiger partial charge in [0.2, 0.25) is 0 Å². The summed E-state index contributed by atoms with van der Waals surface area (Å²) in [5, 5.41) is 3.89. The maximum atomic E-state index is 6.16. The molecule has 154 valence electrons. The van der Waals surface area contributed by atoms with Crippen molar-refractivity contribution in [3.8, 4) is 11.5 Å². The second-order valence-electron chi connectivity index (χ2n) is 8.34. The molecule has 0 radical (unpaired) electrons. The van der Waals surface area contributed by atoms with Gasteiger partial charge in [0.05, 0.1) is 0 Å². The normalized spacial score (nSPS) is 18.3. The Balaban J connectivity index is 1.53. The Morgan fingerprint density at radius 3 is 2.25 bits per heavy atom. The maximum Gasteiger partial charge on any atom is 0.128 e. The summed E-state index contributed by atoms with van der Waals surface area (Å²) < 4.78 is 6.16. The predicted octanol–water partition coefficient (Wildman–Crippen LogP) is 7.76. The molecular weight excluding hydrogens is 390 g/mol. The molecule has 0 amide bonds. The summed E-state index contributed by atoms with van der Waals surface area (Å²) in [7, 11) is 0. The second-order valence-corrected chi connectivity index (χ2v) is 8.34. The molecule has 1 aliphatic heterocycles. The van der Waals surface area contributed by atoms with Crippen molar-refractivity contribution in [3.63, 3.8) is 0 Å². The first-order valence-electron chi connectivity index (χ1n) is 11.0. The number of hydrogen-bond acceptors (Lipinski definition) is 2. The van der Waals surface area contributed by atoms with Crippen molar-refractivity contribution < 1.29 is 4.74 Å². The molecule has 1 N–H and O–H groups in total. The van der Waals surface area contributed by atoms with Gasteiger partial charge >= 0.3 is 0 Å². The fraction of sp³-hybridized carbons (Fsp3) is 0.0667. The third-order valence-corrected chi connectivity index (χ3v) is 6.44. The number of allylic oxidation sites excluding steroid dienone is 1. The Bertz CT molecular complexity index is 1370. The van der Waals surface area contributed by atoms with Gasteiger partial charge in [-0.2, -0.15) is 0 Å². The molecular formula is C30H23NO. The lowest BCUT2D eigenvalue weighted by atomic mass is 9.79. The molecule has 4 aromatic rings. The van der Waals surface area contributed by atoms with E-state index in [2.05, 4.69) is 97.2 Å². The number of benzene rings is 4. The van der Waals surface area contributed by atoms with E-state index in [0.717, 1.165) is 17.2 Å². The van der Waals surface area contributed by atoms with Gasteiger partial charge < -0.3 is 10.1 Å². The van der Waals surface area contributed by atoms with E-state index in [1.165, 1.54) is 33.4 Å². The summed E-state index contributed by atoms with van der Waals surface area (Å²) >= 11 is 0. The van der Waals surface area contributed by atoms with Gasteiger partial charge in [0.25, 0.3) is 0 Å². The molecule has 0 saturated carbocycles. The average molecular weight is 414 g/mol. The van der Waals surface area contributed by atoms with Crippen molar-refractivity contribution in [3.05, 3.63) is 131 Å². The summed E-state index contributed by atoms with van der Waals surface area (Å²) in [5.74, 6) is 1.69. The fourth-order valence-corrected chi connectivity index (χ4v) is 5.01. The Labute approximate surface area is 188 Å². The van der Waals surface area contributed by atoms with Gasteiger partial charge in [0.15, 0.2) is 0 Å². The van der Waals surface area contributed by atoms with Crippen LogP contribution in [0.5, 0.6) is 11.5 Å². The smallest absolute Gasteiger partial charge is 0.128 e. The highest BCUT2D eigenvalue weighted by atomic mass is 16.5. The molecule has 0 aromatic heterocycles. The average Bonchev–Trinajstić information content (AvgIpc) is 3.07. The summed E-state index contributed by atoms with van der Waals surface area (Å²) in [5.41, 5.74) is 8.18. The van der Waals surface area contributed by atoms with Crippen LogP contribution in [-0.2, 0) is 5.54 Å². The van der Waals surface area contributed by atoms with Crippen LogP contribution in [0.2, 0.25) is 0 Å². The number of para-hydroxylation sites is 2. The fourth-order valence-electron chi connectivity index (χ4n) is 5.01. The largest absolute Gasteiger partial charge is 0.457 e. The minimum absolute atomic E-state index is 0.416. The number of hydrogen-bond donors (Lipinski definition) is 1. The first kappa shape index (κ1) is 18.7. The second kappa shape index (κ2) is 7.28. The highest BCUT2D eigenvalue weighted by Gasteiger charge is 2.44. The van der Waals surface area contributed by atoms with Crippen molar-refractivity contribution >= 4 is 22.9 Å². The van der Waals surface area contributed by atoms with E-state index < -0.39 is 5.54 Å². The highest BCUT2D eigenvalue weighted by molar-refractivity contribution is 6.05. The van der Waals surface area contributed by atoms with Crippen LogP contribution in [0.15, 0.2) is 109 Å². The molecule has 2 heteroatoms. The summed E-state index contributed by atoms with van der Waals surface area (Å²) in [6.07, 6.45) is 4.55. The molecule has 1 spiro atoms. The van der Waals surface area contributed by atoms with E-state index >= 15 is 0 Å². The molecule has 0 bridgehead atoms. The molecule has 0 fully saturated rings. The summed E-state index contributed by atoms with van der Waals surface area (Å²) in [6.45, 7) is 2.22. The van der Waals surface area contributed by atoms with E-state index in [9.17, 15) is 0 Å². The Hall–Kier alpha value is -4.04. The molecule has 32 heavy (non-hydrogen) atoms. The highest BCUT2D eigenvalue weighted by Crippen LogP contribution is 2.54. The molecule has 6 rings (SSSR count). The zero-order chi connectivity index (χ0) is 21.5. The summed E-state index contributed by atoms with van der Waals surface area (Å²) in [6, 6.07) is 35.5. The van der Waals surface area contributed by atoms with Crippen LogP contribution in [0.25, 0.3) is 17.2 Å².